The highest BCUT2D eigenvalue weighted by atomic mass is 15.0. The summed E-state index contributed by atoms with van der Waals surface area (Å²) in [7, 11) is 0. The summed E-state index contributed by atoms with van der Waals surface area (Å²) in [5.74, 6) is 2.76. The molecule has 0 amide bonds. The Labute approximate surface area is 413 Å². The Hall–Kier alpha value is -8.93. The van der Waals surface area contributed by atoms with Gasteiger partial charge in [-0.1, -0.05) is 214 Å². The van der Waals surface area contributed by atoms with Crippen LogP contribution >= 0.6 is 0 Å². The lowest BCUT2D eigenvalue weighted by Crippen LogP contribution is -2.27. The summed E-state index contributed by atoms with van der Waals surface area (Å²) >= 11 is 0. The van der Waals surface area contributed by atoms with Crippen molar-refractivity contribution >= 4 is 0 Å². The van der Waals surface area contributed by atoms with E-state index in [2.05, 4.69) is 196 Å². The minimum Gasteiger partial charge on any atom is -0.228 e. The molecule has 4 aliphatic rings. The van der Waals surface area contributed by atoms with Crippen LogP contribution in [0.5, 0.6) is 0 Å². The molecular weight excluding hydrogens is 863 g/mol. The second kappa shape index (κ2) is 16.1. The van der Waals surface area contributed by atoms with Crippen LogP contribution in [-0.4, -0.2) is 24.9 Å². The molecule has 2 unspecified atom stereocenters. The smallest absolute Gasteiger partial charge is 0.164 e. The largest absolute Gasteiger partial charge is 0.228 e. The third-order valence-electron chi connectivity index (χ3n) is 15.1. The van der Waals surface area contributed by atoms with Crippen molar-refractivity contribution in [2.24, 2.45) is 0 Å². The molecule has 0 radical (unpaired) electrons. The van der Waals surface area contributed by atoms with Gasteiger partial charge < -0.3 is 0 Å². The average Bonchev–Trinajstić information content (AvgIpc) is 3.68. The highest BCUT2D eigenvalue weighted by molar-refractivity contribution is 5.93. The first-order valence-corrected chi connectivity index (χ1v) is 24.5. The molecule has 5 heteroatoms. The number of hydrogen-bond acceptors (Lipinski definition) is 5. The molecule has 11 aromatic rings. The second-order valence-electron chi connectivity index (χ2n) is 19.5. The molecule has 15 rings (SSSR count). The van der Waals surface area contributed by atoms with Crippen LogP contribution in [0.15, 0.2) is 224 Å². The molecule has 0 saturated heterocycles. The lowest BCUT2D eigenvalue weighted by molar-refractivity contribution is 0.660. The molecule has 0 saturated carbocycles. The zero-order chi connectivity index (χ0) is 47.2. The summed E-state index contributed by atoms with van der Waals surface area (Å²) < 4.78 is 0. The van der Waals surface area contributed by atoms with Gasteiger partial charge in [-0.25, -0.2) is 24.9 Å². The molecule has 0 N–H and O–H groups in total. The Morgan fingerprint density at radius 1 is 0.282 bits per heavy atom. The number of rotatable bonds is 7. The number of nitrogens with zero attached hydrogens (tertiary/aromatic N) is 5. The molecule has 0 fully saturated rings. The van der Waals surface area contributed by atoms with Crippen molar-refractivity contribution in [2.45, 2.75) is 31.1 Å². The number of aromatic nitrogens is 5. The summed E-state index contributed by atoms with van der Waals surface area (Å²) in [4.78, 5) is 25.8. The van der Waals surface area contributed by atoms with E-state index in [4.69, 9.17) is 24.9 Å². The van der Waals surface area contributed by atoms with Crippen LogP contribution < -0.4 is 0 Å². The second-order valence-corrected chi connectivity index (χ2v) is 19.5. The van der Waals surface area contributed by atoms with Crippen molar-refractivity contribution in [1.82, 2.24) is 24.9 Å². The molecule has 0 spiro atoms. The third-order valence-corrected chi connectivity index (χ3v) is 15.1. The molecule has 9 aromatic carbocycles. The van der Waals surface area contributed by atoms with Crippen molar-refractivity contribution in [3.05, 3.63) is 269 Å². The molecule has 5 nitrogen and oxygen atoms in total. The monoisotopic (exact) mass is 907 g/mol. The van der Waals surface area contributed by atoms with Gasteiger partial charge in [-0.15, -0.1) is 0 Å². The van der Waals surface area contributed by atoms with Crippen LogP contribution in [0.4, 0.5) is 0 Å². The SMILES string of the molecule is CC1(C)c2ccccc2-c2c(-c3cccc(-c4cc(-c5ccc6c(c5)C5c7ccccc7C6c6cc(-c7nc(-c8ccccc8)nc(-c8ccccc8)n7)ccc65)nc(-c5ccccc5)n4)c3)cccc21. The van der Waals surface area contributed by atoms with E-state index in [1.165, 1.54) is 66.8 Å². The van der Waals surface area contributed by atoms with E-state index in [9.17, 15) is 0 Å². The van der Waals surface area contributed by atoms with Crippen molar-refractivity contribution in [3.63, 3.8) is 0 Å². The highest BCUT2D eigenvalue weighted by Crippen LogP contribution is 2.57. The lowest BCUT2D eigenvalue weighted by Gasteiger charge is -2.42. The van der Waals surface area contributed by atoms with E-state index in [1.807, 2.05) is 42.5 Å². The predicted octanol–water partition coefficient (Wildman–Crippen LogP) is 15.6. The van der Waals surface area contributed by atoms with Gasteiger partial charge in [0.2, 0.25) is 0 Å². The molecule has 4 aliphatic carbocycles. The summed E-state index contributed by atoms with van der Waals surface area (Å²) in [6.45, 7) is 4.68. The van der Waals surface area contributed by atoms with Gasteiger partial charge in [-0.05, 0) is 91.0 Å². The van der Waals surface area contributed by atoms with E-state index in [0.717, 1.165) is 44.8 Å². The maximum absolute atomic E-state index is 5.34. The molecule has 0 aliphatic heterocycles. The molecule has 334 valence electrons. The van der Waals surface area contributed by atoms with Crippen LogP contribution in [-0.2, 0) is 5.41 Å². The van der Waals surface area contributed by atoms with Crippen LogP contribution in [0.3, 0.4) is 0 Å². The fourth-order valence-electron chi connectivity index (χ4n) is 11.8. The van der Waals surface area contributed by atoms with Crippen molar-refractivity contribution in [1.29, 1.82) is 0 Å². The van der Waals surface area contributed by atoms with Crippen molar-refractivity contribution < 1.29 is 0 Å². The number of fused-ring (bicyclic) bond motifs is 3. The minimum absolute atomic E-state index is 0.0415. The molecular formula is C66H45N5. The zero-order valence-corrected chi connectivity index (χ0v) is 39.3. The Kier molecular flexibility index (Phi) is 9.30. The Morgan fingerprint density at radius 2 is 0.690 bits per heavy atom. The van der Waals surface area contributed by atoms with Gasteiger partial charge in [0, 0.05) is 50.6 Å². The average molecular weight is 908 g/mol. The normalized spacial score (nSPS) is 15.3. The number of hydrogen-bond donors (Lipinski definition) is 0. The molecule has 2 atom stereocenters. The summed E-state index contributed by atoms with van der Waals surface area (Å²) in [6, 6.07) is 80.3. The molecule has 71 heavy (non-hydrogen) atoms. The quantitative estimate of drug-likeness (QED) is 0.159. The maximum Gasteiger partial charge on any atom is 0.164 e. The molecule has 2 bridgehead atoms. The Balaban J connectivity index is 0.880. The van der Waals surface area contributed by atoms with Gasteiger partial charge in [-0.3, -0.25) is 0 Å². The fourth-order valence-corrected chi connectivity index (χ4v) is 11.8. The summed E-state index contributed by atoms with van der Waals surface area (Å²) in [6.07, 6.45) is 0. The first-order chi connectivity index (χ1) is 34.9. The fraction of sp³-hybridized carbons (Fsp3) is 0.0758. The topological polar surface area (TPSA) is 64.5 Å². The lowest BCUT2D eigenvalue weighted by atomic mass is 9.60. The van der Waals surface area contributed by atoms with Crippen molar-refractivity contribution in [2.75, 3.05) is 0 Å². The molecule has 2 heterocycles. The minimum atomic E-state index is -0.0807. The third kappa shape index (κ3) is 6.65. The maximum atomic E-state index is 5.34. The Bertz CT molecular complexity index is 3860. The Morgan fingerprint density at radius 3 is 1.30 bits per heavy atom. The van der Waals surface area contributed by atoms with E-state index in [-0.39, 0.29) is 17.3 Å². The van der Waals surface area contributed by atoms with Crippen LogP contribution in [0.25, 0.3) is 90.3 Å². The van der Waals surface area contributed by atoms with Gasteiger partial charge in [0.1, 0.15) is 0 Å². The summed E-state index contributed by atoms with van der Waals surface area (Å²) in [5.41, 5.74) is 23.4. The first-order valence-electron chi connectivity index (χ1n) is 24.5. The zero-order valence-electron chi connectivity index (χ0n) is 39.3. The van der Waals surface area contributed by atoms with Gasteiger partial charge in [-0.2, -0.15) is 0 Å². The van der Waals surface area contributed by atoms with Crippen molar-refractivity contribution in [3.8, 4) is 90.3 Å². The standard InChI is InChI=1S/C66H45N5/c1-66(2)55-30-15-14-28-52(55)61-47(29-17-31-56(61)66)43-24-16-25-44(36-43)57-39-58(68-62(67-57)40-18-6-3-7-19-40)45-32-34-50-53(37-45)59-48-26-12-13-27-49(48)60(50)54-38-46(33-35-51(54)59)65-70-63(41-20-8-4-9-21-41)69-64(71-65)42-22-10-5-11-23-42/h3-39,59-60H,1-2H3. The van der Waals surface area contributed by atoms with Gasteiger partial charge in [0.05, 0.1) is 11.4 Å². The van der Waals surface area contributed by atoms with Crippen LogP contribution in [0.2, 0.25) is 0 Å². The van der Waals surface area contributed by atoms with Gasteiger partial charge in [0.15, 0.2) is 23.3 Å². The van der Waals surface area contributed by atoms with E-state index < -0.39 is 0 Å². The summed E-state index contributed by atoms with van der Waals surface area (Å²) in [5, 5.41) is 0. The van der Waals surface area contributed by atoms with Crippen LogP contribution in [0, 0.1) is 0 Å². The van der Waals surface area contributed by atoms with E-state index >= 15 is 0 Å². The predicted molar refractivity (Wildman–Crippen MR) is 286 cm³/mol. The van der Waals surface area contributed by atoms with E-state index in [0.29, 0.717) is 23.3 Å². The molecule has 2 aromatic heterocycles. The first kappa shape index (κ1) is 41.1. The number of benzene rings is 9. The van der Waals surface area contributed by atoms with Gasteiger partial charge in [0.25, 0.3) is 0 Å². The van der Waals surface area contributed by atoms with E-state index in [1.54, 1.807) is 0 Å². The van der Waals surface area contributed by atoms with Gasteiger partial charge >= 0.3 is 0 Å². The van der Waals surface area contributed by atoms with Crippen LogP contribution in [0.1, 0.15) is 70.2 Å². The highest BCUT2D eigenvalue weighted by Gasteiger charge is 2.42.